The van der Waals surface area contributed by atoms with Crippen molar-refractivity contribution < 1.29 is 33.4 Å². The molecule has 0 aromatic heterocycles. The molecule has 0 atom stereocenters. The zero-order valence-electron chi connectivity index (χ0n) is 18.9. The number of anilines is 1. The fraction of sp³-hybridized carbons (Fsp3) is 0.320. The minimum atomic E-state index is -0.506. The molecule has 9 heteroatoms. The van der Waals surface area contributed by atoms with E-state index in [2.05, 4.69) is 5.32 Å². The van der Waals surface area contributed by atoms with Crippen LogP contribution in [0.25, 0.3) is 0 Å². The van der Waals surface area contributed by atoms with Crippen molar-refractivity contribution >= 4 is 35.3 Å². The van der Waals surface area contributed by atoms with Crippen molar-refractivity contribution in [1.82, 2.24) is 4.90 Å². The Morgan fingerprint density at radius 1 is 0.853 bits per heavy atom. The number of esters is 2. The van der Waals surface area contributed by atoms with Gasteiger partial charge in [-0.1, -0.05) is 18.6 Å². The highest BCUT2D eigenvalue weighted by atomic mass is 16.5. The second-order valence-electron chi connectivity index (χ2n) is 7.62. The van der Waals surface area contributed by atoms with Crippen molar-refractivity contribution in [3.63, 3.8) is 0 Å². The minimum Gasteiger partial charge on any atom is -0.462 e. The summed E-state index contributed by atoms with van der Waals surface area (Å²) in [7, 11) is 0. The molecule has 9 nitrogen and oxygen atoms in total. The highest BCUT2D eigenvalue weighted by molar-refractivity contribution is 6.21. The van der Waals surface area contributed by atoms with E-state index in [0.29, 0.717) is 48.2 Å². The molecular weight excluding hydrogens is 440 g/mol. The summed E-state index contributed by atoms with van der Waals surface area (Å²) in [5.41, 5.74) is 1.67. The standard InChI is InChI=1S/C25H26N2O7/c1-2-33-25(32)17-11-13-18(14-12-17)26-21(28)16-34-22(29)10-4-3-7-15-27-23(30)19-8-5-6-9-20(19)24(27)31/h5-6,8-9,11-14H,2-4,7,10,15-16H2,1H3,(H,26,28). The molecule has 1 aliphatic rings. The van der Waals surface area contributed by atoms with Crippen LogP contribution in [0.3, 0.4) is 0 Å². The van der Waals surface area contributed by atoms with Gasteiger partial charge in [0.25, 0.3) is 17.7 Å². The quantitative estimate of drug-likeness (QED) is 0.307. The largest absolute Gasteiger partial charge is 0.462 e. The van der Waals surface area contributed by atoms with E-state index in [4.69, 9.17) is 9.47 Å². The molecule has 2 aromatic rings. The molecule has 0 aliphatic carbocycles. The Morgan fingerprint density at radius 2 is 1.50 bits per heavy atom. The number of ether oxygens (including phenoxy) is 2. The summed E-state index contributed by atoms with van der Waals surface area (Å²) in [4.78, 5) is 61.3. The number of carbonyl (C=O) groups is 5. The van der Waals surface area contributed by atoms with Crippen LogP contribution < -0.4 is 5.32 Å². The molecule has 0 bridgehead atoms. The molecule has 0 fully saturated rings. The lowest BCUT2D eigenvalue weighted by atomic mass is 10.1. The van der Waals surface area contributed by atoms with E-state index in [1.54, 1.807) is 43.3 Å². The predicted octanol–water partition coefficient (Wildman–Crippen LogP) is 3.20. The van der Waals surface area contributed by atoms with Crippen LogP contribution in [0, 0.1) is 0 Å². The van der Waals surface area contributed by atoms with E-state index in [0.717, 1.165) is 0 Å². The van der Waals surface area contributed by atoms with Gasteiger partial charge in [0.05, 0.1) is 23.3 Å². The summed E-state index contributed by atoms with van der Waals surface area (Å²) in [5.74, 6) is -2.03. The number of carbonyl (C=O) groups excluding carboxylic acids is 5. The lowest BCUT2D eigenvalue weighted by Crippen LogP contribution is -2.30. The maximum absolute atomic E-state index is 12.3. The summed E-state index contributed by atoms with van der Waals surface area (Å²) < 4.78 is 9.88. The van der Waals surface area contributed by atoms with Gasteiger partial charge in [-0.25, -0.2) is 4.79 Å². The highest BCUT2D eigenvalue weighted by Gasteiger charge is 2.34. The Labute approximate surface area is 197 Å². The molecule has 1 N–H and O–H groups in total. The Balaban J connectivity index is 1.30. The number of imide groups is 1. The smallest absolute Gasteiger partial charge is 0.338 e. The van der Waals surface area contributed by atoms with Crippen LogP contribution in [-0.2, 0) is 19.1 Å². The van der Waals surface area contributed by atoms with E-state index < -0.39 is 24.5 Å². The molecule has 0 saturated carbocycles. The van der Waals surface area contributed by atoms with Gasteiger partial charge in [-0.15, -0.1) is 0 Å². The van der Waals surface area contributed by atoms with Gasteiger partial charge in [-0.05, 0) is 56.2 Å². The van der Waals surface area contributed by atoms with Crippen LogP contribution >= 0.6 is 0 Å². The highest BCUT2D eigenvalue weighted by Crippen LogP contribution is 2.22. The lowest BCUT2D eigenvalue weighted by Gasteiger charge is -2.13. The summed E-state index contributed by atoms with van der Waals surface area (Å²) >= 11 is 0. The number of hydrogen-bond donors (Lipinski definition) is 1. The van der Waals surface area contributed by atoms with Crippen LogP contribution in [0.15, 0.2) is 48.5 Å². The van der Waals surface area contributed by atoms with Gasteiger partial charge in [-0.2, -0.15) is 0 Å². The van der Waals surface area contributed by atoms with E-state index in [9.17, 15) is 24.0 Å². The Hall–Kier alpha value is -4.01. The molecule has 2 aromatic carbocycles. The first-order valence-electron chi connectivity index (χ1n) is 11.1. The third kappa shape index (κ3) is 6.28. The monoisotopic (exact) mass is 466 g/mol. The molecule has 0 spiro atoms. The zero-order chi connectivity index (χ0) is 24.5. The second kappa shape index (κ2) is 11.7. The third-order valence-corrected chi connectivity index (χ3v) is 5.18. The molecule has 178 valence electrons. The predicted molar refractivity (Wildman–Crippen MR) is 122 cm³/mol. The fourth-order valence-electron chi connectivity index (χ4n) is 3.48. The first-order chi connectivity index (χ1) is 16.4. The van der Waals surface area contributed by atoms with Crippen LogP contribution in [0.2, 0.25) is 0 Å². The average molecular weight is 466 g/mol. The summed E-state index contributed by atoms with van der Waals surface area (Å²) in [6.45, 7) is 1.85. The molecule has 0 saturated heterocycles. The number of nitrogens with one attached hydrogen (secondary N) is 1. The Bertz CT molecular complexity index is 1040. The number of hydrogen-bond acceptors (Lipinski definition) is 7. The first-order valence-corrected chi connectivity index (χ1v) is 11.1. The normalized spacial score (nSPS) is 12.3. The molecule has 0 unspecified atom stereocenters. The molecule has 1 aliphatic heterocycles. The van der Waals surface area contributed by atoms with Gasteiger partial charge in [0.15, 0.2) is 6.61 Å². The van der Waals surface area contributed by atoms with Gasteiger partial charge in [0.1, 0.15) is 0 Å². The number of amides is 3. The second-order valence-corrected chi connectivity index (χ2v) is 7.62. The van der Waals surface area contributed by atoms with Gasteiger partial charge < -0.3 is 14.8 Å². The molecule has 34 heavy (non-hydrogen) atoms. The summed E-state index contributed by atoms with van der Waals surface area (Å²) in [6, 6.07) is 12.9. The molecule has 0 radical (unpaired) electrons. The lowest BCUT2D eigenvalue weighted by molar-refractivity contribution is -0.147. The molecule has 3 rings (SSSR count). The number of benzene rings is 2. The molecular formula is C25H26N2O7. The third-order valence-electron chi connectivity index (χ3n) is 5.18. The topological polar surface area (TPSA) is 119 Å². The number of nitrogens with zero attached hydrogens (tertiary/aromatic N) is 1. The van der Waals surface area contributed by atoms with Gasteiger partial charge >= 0.3 is 11.9 Å². The van der Waals surface area contributed by atoms with Gasteiger partial charge in [-0.3, -0.25) is 24.1 Å². The maximum atomic E-state index is 12.3. The number of rotatable bonds is 11. The van der Waals surface area contributed by atoms with E-state index in [1.807, 2.05) is 0 Å². The van der Waals surface area contributed by atoms with Crippen molar-refractivity contribution in [3.8, 4) is 0 Å². The van der Waals surface area contributed by atoms with Crippen LogP contribution in [0.5, 0.6) is 0 Å². The summed E-state index contributed by atoms with van der Waals surface area (Å²) in [5, 5.41) is 2.58. The fourth-order valence-corrected chi connectivity index (χ4v) is 3.48. The number of unbranched alkanes of at least 4 members (excludes halogenated alkanes) is 2. The van der Waals surface area contributed by atoms with Crippen molar-refractivity contribution in [3.05, 3.63) is 65.2 Å². The van der Waals surface area contributed by atoms with E-state index >= 15 is 0 Å². The van der Waals surface area contributed by atoms with Crippen molar-refractivity contribution in [1.29, 1.82) is 0 Å². The van der Waals surface area contributed by atoms with Gasteiger partial charge in [0, 0.05) is 18.7 Å². The van der Waals surface area contributed by atoms with Crippen molar-refractivity contribution in [2.75, 3.05) is 25.1 Å². The number of fused-ring (bicyclic) bond motifs is 1. The van der Waals surface area contributed by atoms with E-state index in [1.165, 1.54) is 17.0 Å². The molecule has 1 heterocycles. The zero-order valence-corrected chi connectivity index (χ0v) is 18.9. The Kier molecular flexibility index (Phi) is 8.50. The van der Waals surface area contributed by atoms with Crippen molar-refractivity contribution in [2.45, 2.75) is 32.6 Å². The molecule has 3 amide bonds. The Morgan fingerprint density at radius 3 is 2.12 bits per heavy atom. The van der Waals surface area contributed by atoms with Crippen LogP contribution in [0.4, 0.5) is 5.69 Å². The minimum absolute atomic E-state index is 0.129. The SMILES string of the molecule is CCOC(=O)c1ccc(NC(=O)COC(=O)CCCCCN2C(=O)c3ccccc3C2=O)cc1. The average Bonchev–Trinajstić information content (AvgIpc) is 3.08. The van der Waals surface area contributed by atoms with Crippen LogP contribution in [-0.4, -0.2) is 54.3 Å². The summed E-state index contributed by atoms with van der Waals surface area (Å²) in [6.07, 6.45) is 1.84. The van der Waals surface area contributed by atoms with E-state index in [-0.39, 0.29) is 24.8 Å². The van der Waals surface area contributed by atoms with Crippen molar-refractivity contribution in [2.24, 2.45) is 0 Å². The van der Waals surface area contributed by atoms with Crippen LogP contribution in [0.1, 0.15) is 63.7 Å². The maximum Gasteiger partial charge on any atom is 0.338 e. The van der Waals surface area contributed by atoms with Gasteiger partial charge in [0.2, 0.25) is 0 Å². The first kappa shape index (κ1) is 24.6.